The van der Waals surface area contributed by atoms with Crippen molar-refractivity contribution >= 4 is 23.5 Å². The second-order valence-corrected chi connectivity index (χ2v) is 4.57. The van der Waals surface area contributed by atoms with Gasteiger partial charge in [-0.2, -0.15) is 4.98 Å². The molecule has 1 heterocycles. The molecule has 1 unspecified atom stereocenters. The number of anilines is 1. The largest absolute Gasteiger partial charge is 0.481 e. The molecule has 0 bridgehead atoms. The average Bonchev–Trinajstić information content (AvgIpc) is 2.46. The van der Waals surface area contributed by atoms with Crippen LogP contribution in [0.5, 0.6) is 5.88 Å². The lowest BCUT2D eigenvalue weighted by molar-refractivity contribution is -0.116. The quantitative estimate of drug-likeness (QED) is 0.880. The molecule has 0 saturated heterocycles. The first kappa shape index (κ1) is 14.3. The fourth-order valence-electron chi connectivity index (χ4n) is 1.65. The third kappa shape index (κ3) is 3.45. The summed E-state index contributed by atoms with van der Waals surface area (Å²) in [6, 6.07) is 10.8. The minimum atomic E-state index is -0.800. The van der Waals surface area contributed by atoms with Crippen LogP contribution in [0.1, 0.15) is 16.6 Å². The topological polar surface area (TPSA) is 64.1 Å². The maximum Gasteiger partial charge on any atom is 0.249 e. The zero-order valence-electron chi connectivity index (χ0n) is 11.1. The maximum absolute atomic E-state index is 12.1. The second kappa shape index (κ2) is 6.34. The molecule has 1 aromatic heterocycles. The minimum Gasteiger partial charge on any atom is -0.481 e. The summed E-state index contributed by atoms with van der Waals surface area (Å²) < 4.78 is 5.03. The van der Waals surface area contributed by atoms with Gasteiger partial charge in [-0.05, 0) is 12.5 Å². The SMILES string of the molecule is COc1cc(C)nc(NC(=O)C(Cl)c2ccccc2)n1. The summed E-state index contributed by atoms with van der Waals surface area (Å²) in [4.78, 5) is 20.2. The maximum atomic E-state index is 12.1. The van der Waals surface area contributed by atoms with Crippen LogP contribution >= 0.6 is 11.6 Å². The molecule has 5 nitrogen and oxygen atoms in total. The van der Waals surface area contributed by atoms with Gasteiger partial charge < -0.3 is 4.74 Å². The molecule has 2 aromatic rings. The fraction of sp³-hybridized carbons (Fsp3) is 0.214. The van der Waals surface area contributed by atoms with Crippen LogP contribution in [0, 0.1) is 6.92 Å². The number of alkyl halides is 1. The standard InChI is InChI=1S/C14H14ClN3O2/c1-9-8-11(20-2)17-14(16-9)18-13(19)12(15)10-6-4-3-5-7-10/h3-8,12H,1-2H3,(H,16,17,18,19). The molecule has 2 rings (SSSR count). The van der Waals surface area contributed by atoms with Gasteiger partial charge in [0.1, 0.15) is 5.38 Å². The van der Waals surface area contributed by atoms with E-state index in [1.807, 2.05) is 18.2 Å². The molecule has 0 radical (unpaired) electrons. The van der Waals surface area contributed by atoms with Gasteiger partial charge in [0.15, 0.2) is 0 Å². The number of carbonyl (C=O) groups is 1. The van der Waals surface area contributed by atoms with E-state index >= 15 is 0 Å². The van der Waals surface area contributed by atoms with Crippen LogP contribution in [-0.4, -0.2) is 23.0 Å². The summed E-state index contributed by atoms with van der Waals surface area (Å²) in [5, 5.41) is 1.78. The van der Waals surface area contributed by atoms with E-state index in [4.69, 9.17) is 16.3 Å². The lowest BCUT2D eigenvalue weighted by Gasteiger charge is -2.10. The van der Waals surface area contributed by atoms with Crippen molar-refractivity contribution in [2.75, 3.05) is 12.4 Å². The molecule has 104 valence electrons. The molecule has 0 saturated carbocycles. The highest BCUT2D eigenvalue weighted by atomic mass is 35.5. The number of hydrogen-bond donors (Lipinski definition) is 1. The number of carbonyl (C=O) groups excluding carboxylic acids is 1. The Labute approximate surface area is 122 Å². The first-order valence-electron chi connectivity index (χ1n) is 5.99. The lowest BCUT2D eigenvalue weighted by atomic mass is 10.1. The van der Waals surface area contributed by atoms with Crippen LogP contribution in [-0.2, 0) is 4.79 Å². The number of hydrogen-bond acceptors (Lipinski definition) is 4. The van der Waals surface area contributed by atoms with E-state index in [0.29, 0.717) is 17.1 Å². The van der Waals surface area contributed by atoms with Crippen molar-refractivity contribution in [3.05, 3.63) is 47.7 Å². The fourth-order valence-corrected chi connectivity index (χ4v) is 1.85. The molecule has 1 N–H and O–H groups in total. The molecule has 0 aliphatic heterocycles. The van der Waals surface area contributed by atoms with E-state index in [2.05, 4.69) is 15.3 Å². The normalized spacial score (nSPS) is 11.8. The number of benzene rings is 1. The van der Waals surface area contributed by atoms with Crippen LogP contribution < -0.4 is 10.1 Å². The third-order valence-electron chi connectivity index (χ3n) is 2.60. The molecule has 0 aliphatic carbocycles. The van der Waals surface area contributed by atoms with Crippen molar-refractivity contribution in [3.8, 4) is 5.88 Å². The van der Waals surface area contributed by atoms with Crippen LogP contribution in [0.2, 0.25) is 0 Å². The molecular weight excluding hydrogens is 278 g/mol. The molecular formula is C14H14ClN3O2. The summed E-state index contributed by atoms with van der Waals surface area (Å²) in [6.07, 6.45) is 0. The Morgan fingerprint density at radius 2 is 2.00 bits per heavy atom. The van der Waals surface area contributed by atoms with E-state index in [1.165, 1.54) is 7.11 Å². The molecule has 0 spiro atoms. The van der Waals surface area contributed by atoms with Crippen LogP contribution in [0.3, 0.4) is 0 Å². The Morgan fingerprint density at radius 3 is 2.65 bits per heavy atom. The zero-order chi connectivity index (χ0) is 14.5. The third-order valence-corrected chi connectivity index (χ3v) is 3.05. The molecule has 0 fully saturated rings. The molecule has 20 heavy (non-hydrogen) atoms. The summed E-state index contributed by atoms with van der Waals surface area (Å²) in [5.41, 5.74) is 1.41. The first-order chi connectivity index (χ1) is 9.60. The van der Waals surface area contributed by atoms with Gasteiger partial charge >= 0.3 is 0 Å². The molecule has 1 aromatic carbocycles. The van der Waals surface area contributed by atoms with E-state index in [1.54, 1.807) is 25.1 Å². The number of amides is 1. The summed E-state index contributed by atoms with van der Waals surface area (Å²) >= 11 is 6.12. The van der Waals surface area contributed by atoms with Gasteiger partial charge in [-0.1, -0.05) is 30.3 Å². The number of nitrogens with zero attached hydrogens (tertiary/aromatic N) is 2. The monoisotopic (exact) mass is 291 g/mol. The smallest absolute Gasteiger partial charge is 0.249 e. The number of rotatable bonds is 4. The van der Waals surface area contributed by atoms with Crippen LogP contribution in [0.4, 0.5) is 5.95 Å². The highest BCUT2D eigenvalue weighted by Gasteiger charge is 2.18. The molecule has 1 amide bonds. The van der Waals surface area contributed by atoms with Gasteiger partial charge in [0, 0.05) is 11.8 Å². The number of aromatic nitrogens is 2. The average molecular weight is 292 g/mol. The van der Waals surface area contributed by atoms with Gasteiger partial charge in [0.25, 0.3) is 0 Å². The number of aryl methyl sites for hydroxylation is 1. The predicted octanol–water partition coefficient (Wildman–Crippen LogP) is 2.71. The van der Waals surface area contributed by atoms with Gasteiger partial charge in [-0.25, -0.2) is 4.98 Å². The second-order valence-electron chi connectivity index (χ2n) is 4.14. The van der Waals surface area contributed by atoms with Crippen molar-refractivity contribution < 1.29 is 9.53 Å². The highest BCUT2D eigenvalue weighted by Crippen LogP contribution is 2.21. The first-order valence-corrected chi connectivity index (χ1v) is 6.43. The van der Waals surface area contributed by atoms with Crippen molar-refractivity contribution in [2.45, 2.75) is 12.3 Å². The van der Waals surface area contributed by atoms with E-state index < -0.39 is 5.38 Å². The summed E-state index contributed by atoms with van der Waals surface area (Å²) in [6.45, 7) is 1.79. The lowest BCUT2D eigenvalue weighted by Crippen LogP contribution is -2.19. The number of methoxy groups -OCH3 is 1. The van der Waals surface area contributed by atoms with Crippen LogP contribution in [0.15, 0.2) is 36.4 Å². The molecule has 0 aliphatic rings. The van der Waals surface area contributed by atoms with Gasteiger partial charge in [0.05, 0.1) is 7.11 Å². The summed E-state index contributed by atoms with van der Waals surface area (Å²) in [5.74, 6) is 0.178. The predicted molar refractivity (Wildman–Crippen MR) is 77.0 cm³/mol. The Bertz CT molecular complexity index is 605. The van der Waals surface area contributed by atoms with E-state index in [0.717, 1.165) is 0 Å². The zero-order valence-corrected chi connectivity index (χ0v) is 11.9. The van der Waals surface area contributed by atoms with Crippen molar-refractivity contribution in [1.82, 2.24) is 9.97 Å². The summed E-state index contributed by atoms with van der Waals surface area (Å²) in [7, 11) is 1.50. The number of halogens is 1. The van der Waals surface area contributed by atoms with Crippen molar-refractivity contribution in [3.63, 3.8) is 0 Å². The minimum absolute atomic E-state index is 0.174. The number of nitrogens with one attached hydrogen (secondary N) is 1. The Hall–Kier alpha value is -2.14. The van der Waals surface area contributed by atoms with E-state index in [-0.39, 0.29) is 11.9 Å². The molecule has 6 heteroatoms. The van der Waals surface area contributed by atoms with E-state index in [9.17, 15) is 4.79 Å². The van der Waals surface area contributed by atoms with Crippen LogP contribution in [0.25, 0.3) is 0 Å². The Morgan fingerprint density at radius 1 is 1.30 bits per heavy atom. The van der Waals surface area contributed by atoms with Crippen molar-refractivity contribution in [1.29, 1.82) is 0 Å². The Kier molecular flexibility index (Phi) is 4.53. The molecule has 1 atom stereocenters. The number of ether oxygens (including phenoxy) is 1. The Balaban J connectivity index is 2.13. The highest BCUT2D eigenvalue weighted by molar-refractivity contribution is 6.32. The van der Waals surface area contributed by atoms with Gasteiger partial charge in [-0.3, -0.25) is 10.1 Å². The van der Waals surface area contributed by atoms with Gasteiger partial charge in [0.2, 0.25) is 17.7 Å². The van der Waals surface area contributed by atoms with Gasteiger partial charge in [-0.15, -0.1) is 11.6 Å². The van der Waals surface area contributed by atoms with Crippen molar-refractivity contribution in [2.24, 2.45) is 0 Å².